The number of alkyl halides is 6. The number of anilines is 1. The third-order valence-electron chi connectivity index (χ3n) is 2.50. The molecular formula is C11H12F6N2O. The predicted molar refractivity (Wildman–Crippen MR) is 60.6 cm³/mol. The van der Waals surface area contributed by atoms with Crippen LogP contribution in [0.4, 0.5) is 32.0 Å². The summed E-state index contributed by atoms with van der Waals surface area (Å²) in [4.78, 5) is 13.6. The third kappa shape index (κ3) is 4.17. The van der Waals surface area contributed by atoms with Crippen LogP contribution in [-0.4, -0.2) is 23.7 Å². The second-order valence-corrected chi connectivity index (χ2v) is 4.44. The van der Waals surface area contributed by atoms with Crippen LogP contribution in [0.25, 0.3) is 0 Å². The van der Waals surface area contributed by atoms with Crippen LogP contribution in [-0.2, 0) is 6.18 Å². The summed E-state index contributed by atoms with van der Waals surface area (Å²) >= 11 is 0. The van der Waals surface area contributed by atoms with Gasteiger partial charge in [-0.3, -0.25) is 4.79 Å². The highest BCUT2D eigenvalue weighted by Gasteiger charge is 2.36. The molecular weight excluding hydrogens is 290 g/mol. The quantitative estimate of drug-likeness (QED) is 0.871. The van der Waals surface area contributed by atoms with Crippen molar-refractivity contribution >= 4 is 5.69 Å². The minimum absolute atomic E-state index is 0.343. The number of hydrogen-bond acceptors (Lipinski definition) is 2. The monoisotopic (exact) mass is 302 g/mol. The molecule has 114 valence electrons. The van der Waals surface area contributed by atoms with Crippen LogP contribution in [0.1, 0.15) is 19.4 Å². The Morgan fingerprint density at radius 1 is 1.20 bits per heavy atom. The molecule has 3 nitrogen and oxygen atoms in total. The lowest BCUT2D eigenvalue weighted by molar-refractivity contribution is -0.138. The van der Waals surface area contributed by atoms with Crippen LogP contribution in [0.3, 0.4) is 0 Å². The maximum absolute atomic E-state index is 12.6. The van der Waals surface area contributed by atoms with Crippen LogP contribution in [0, 0.1) is 0 Å². The molecule has 1 aromatic heterocycles. The van der Waals surface area contributed by atoms with Gasteiger partial charge in [-0.2, -0.15) is 26.3 Å². The van der Waals surface area contributed by atoms with Crippen molar-refractivity contribution < 1.29 is 26.3 Å². The lowest BCUT2D eigenvalue weighted by atomic mass is 10.2. The Bertz CT molecular complexity index is 517. The first-order chi connectivity index (χ1) is 8.92. The average Bonchev–Trinajstić information content (AvgIpc) is 2.23. The molecule has 0 aliphatic rings. The van der Waals surface area contributed by atoms with Crippen molar-refractivity contribution in [1.29, 1.82) is 0 Å². The lowest BCUT2D eigenvalue weighted by Crippen LogP contribution is -2.39. The van der Waals surface area contributed by atoms with Gasteiger partial charge >= 0.3 is 12.4 Å². The van der Waals surface area contributed by atoms with Crippen molar-refractivity contribution in [2.45, 2.75) is 32.2 Å². The molecule has 0 aliphatic carbocycles. The van der Waals surface area contributed by atoms with Crippen molar-refractivity contribution in [1.82, 2.24) is 4.98 Å². The number of pyridine rings is 1. The summed E-state index contributed by atoms with van der Waals surface area (Å²) in [6.45, 7) is 1.40. The molecule has 0 atom stereocenters. The predicted octanol–water partition coefficient (Wildman–Crippen LogP) is 3.17. The standard InChI is InChI=1S/C11H12F6N2O/c1-6(2)19(5-10(12,13)14)7-3-8(11(15,16)17)9(20)18-4-7/h3-4,6H,5H2,1-2H3,(H,18,20). The average molecular weight is 302 g/mol. The van der Waals surface area contributed by atoms with Gasteiger partial charge in [0.2, 0.25) is 0 Å². The highest BCUT2D eigenvalue weighted by atomic mass is 19.4. The number of nitrogens with zero attached hydrogens (tertiary/aromatic N) is 1. The van der Waals surface area contributed by atoms with Gasteiger partial charge in [0, 0.05) is 12.2 Å². The highest BCUT2D eigenvalue weighted by molar-refractivity contribution is 5.47. The van der Waals surface area contributed by atoms with Gasteiger partial charge in [0.1, 0.15) is 12.1 Å². The molecule has 1 heterocycles. The maximum Gasteiger partial charge on any atom is 0.421 e. The summed E-state index contributed by atoms with van der Waals surface area (Å²) in [7, 11) is 0. The molecule has 20 heavy (non-hydrogen) atoms. The largest absolute Gasteiger partial charge is 0.421 e. The second-order valence-electron chi connectivity index (χ2n) is 4.44. The first-order valence-electron chi connectivity index (χ1n) is 5.55. The van der Waals surface area contributed by atoms with E-state index in [9.17, 15) is 31.1 Å². The number of hydrogen-bond donors (Lipinski definition) is 1. The zero-order valence-corrected chi connectivity index (χ0v) is 10.6. The van der Waals surface area contributed by atoms with E-state index < -0.39 is 36.1 Å². The van der Waals surface area contributed by atoms with Crippen LogP contribution >= 0.6 is 0 Å². The van der Waals surface area contributed by atoms with E-state index in [4.69, 9.17) is 0 Å². The minimum atomic E-state index is -4.93. The molecule has 1 rings (SSSR count). The molecule has 9 heteroatoms. The van der Waals surface area contributed by atoms with Gasteiger partial charge in [0.15, 0.2) is 0 Å². The number of halogens is 6. The van der Waals surface area contributed by atoms with E-state index in [1.807, 2.05) is 4.98 Å². The molecule has 0 unspecified atom stereocenters. The Kier molecular flexibility index (Phi) is 4.40. The highest BCUT2D eigenvalue weighted by Crippen LogP contribution is 2.30. The van der Waals surface area contributed by atoms with E-state index in [0.29, 0.717) is 6.07 Å². The number of H-pyrrole nitrogens is 1. The number of rotatable bonds is 3. The van der Waals surface area contributed by atoms with Crippen molar-refractivity contribution in [2.75, 3.05) is 11.4 Å². The van der Waals surface area contributed by atoms with Gasteiger partial charge in [-0.1, -0.05) is 0 Å². The lowest BCUT2D eigenvalue weighted by Gasteiger charge is -2.30. The fourth-order valence-electron chi connectivity index (χ4n) is 1.61. The maximum atomic E-state index is 12.6. The summed E-state index contributed by atoms with van der Waals surface area (Å²) < 4.78 is 75.0. The molecule has 1 aromatic rings. The molecule has 0 amide bonds. The van der Waals surface area contributed by atoms with Gasteiger partial charge in [-0.25, -0.2) is 0 Å². The summed E-state index contributed by atoms with van der Waals surface area (Å²) in [5.74, 6) is 0. The summed E-state index contributed by atoms with van der Waals surface area (Å²) in [6, 6.07) is -0.270. The fourth-order valence-corrected chi connectivity index (χ4v) is 1.61. The van der Waals surface area contributed by atoms with E-state index in [-0.39, 0.29) is 5.69 Å². The van der Waals surface area contributed by atoms with Gasteiger partial charge in [-0.15, -0.1) is 0 Å². The van der Waals surface area contributed by atoms with Gasteiger partial charge in [-0.05, 0) is 19.9 Å². The molecule has 0 aromatic carbocycles. The molecule has 0 saturated carbocycles. The Morgan fingerprint density at radius 3 is 2.15 bits per heavy atom. The zero-order valence-electron chi connectivity index (χ0n) is 10.6. The van der Waals surface area contributed by atoms with Crippen LogP contribution in [0.5, 0.6) is 0 Å². The van der Waals surface area contributed by atoms with Gasteiger partial charge < -0.3 is 9.88 Å². The normalized spacial score (nSPS) is 12.8. The smallest absolute Gasteiger partial charge is 0.359 e. The second kappa shape index (κ2) is 5.37. The molecule has 1 N–H and O–H groups in total. The Balaban J connectivity index is 3.26. The first-order valence-corrected chi connectivity index (χ1v) is 5.55. The topological polar surface area (TPSA) is 36.1 Å². The zero-order chi connectivity index (χ0) is 15.7. The van der Waals surface area contributed by atoms with Crippen LogP contribution < -0.4 is 10.5 Å². The summed E-state index contributed by atoms with van der Waals surface area (Å²) in [5.41, 5.74) is -3.26. The SMILES string of the molecule is CC(C)N(CC(F)(F)F)c1c[nH]c(=O)c(C(F)(F)F)c1. The summed E-state index contributed by atoms with van der Waals surface area (Å²) in [5, 5.41) is 0. The van der Waals surface area contributed by atoms with Gasteiger partial charge in [0.25, 0.3) is 5.56 Å². The molecule has 0 fully saturated rings. The Labute approximate surface area is 110 Å². The van der Waals surface area contributed by atoms with Crippen molar-refractivity contribution in [3.05, 3.63) is 28.2 Å². The third-order valence-corrected chi connectivity index (χ3v) is 2.50. The van der Waals surface area contributed by atoms with Crippen LogP contribution in [0.2, 0.25) is 0 Å². The van der Waals surface area contributed by atoms with Crippen LogP contribution in [0.15, 0.2) is 17.1 Å². The number of aromatic nitrogens is 1. The van der Waals surface area contributed by atoms with E-state index in [0.717, 1.165) is 11.1 Å². The van der Waals surface area contributed by atoms with E-state index in [1.165, 1.54) is 13.8 Å². The molecule has 0 radical (unpaired) electrons. The molecule has 0 aliphatic heterocycles. The van der Waals surface area contributed by atoms with Crippen molar-refractivity contribution in [3.8, 4) is 0 Å². The van der Waals surface area contributed by atoms with Gasteiger partial charge in [0.05, 0.1) is 5.69 Å². The van der Waals surface area contributed by atoms with Crippen molar-refractivity contribution in [3.63, 3.8) is 0 Å². The Morgan fingerprint density at radius 2 is 1.75 bits per heavy atom. The molecule has 0 saturated heterocycles. The Hall–Kier alpha value is -1.67. The number of nitrogens with one attached hydrogen (secondary N) is 1. The fraction of sp³-hybridized carbons (Fsp3) is 0.545. The van der Waals surface area contributed by atoms with Crippen molar-refractivity contribution in [2.24, 2.45) is 0 Å². The summed E-state index contributed by atoms with van der Waals surface area (Å²) in [6.07, 6.45) is -8.66. The van der Waals surface area contributed by atoms with E-state index >= 15 is 0 Å². The van der Waals surface area contributed by atoms with E-state index in [2.05, 4.69) is 0 Å². The van der Waals surface area contributed by atoms with E-state index in [1.54, 1.807) is 0 Å². The first kappa shape index (κ1) is 16.4. The number of aromatic amines is 1. The minimum Gasteiger partial charge on any atom is -0.359 e. The molecule has 0 spiro atoms. The molecule has 0 bridgehead atoms.